The summed E-state index contributed by atoms with van der Waals surface area (Å²) in [4.78, 5) is 4.25. The van der Waals surface area contributed by atoms with E-state index in [2.05, 4.69) is 20.5 Å². The van der Waals surface area contributed by atoms with E-state index in [-0.39, 0.29) is 0 Å². The predicted octanol–water partition coefficient (Wildman–Crippen LogP) is 1.17. The maximum Gasteiger partial charge on any atom is 0.148 e. The van der Waals surface area contributed by atoms with E-state index < -0.39 is 0 Å². The van der Waals surface area contributed by atoms with Crippen LogP contribution in [0.3, 0.4) is 0 Å². The highest BCUT2D eigenvalue weighted by Crippen LogP contribution is 2.01. The smallest absolute Gasteiger partial charge is 0.148 e. The SMILES string of the molecule is Cc1ccc(NCCc2nccn2C)nn1. The van der Waals surface area contributed by atoms with Crippen molar-refractivity contribution in [1.82, 2.24) is 19.7 Å². The van der Waals surface area contributed by atoms with Crippen molar-refractivity contribution in [2.75, 3.05) is 11.9 Å². The third-order valence-electron chi connectivity index (χ3n) is 2.37. The molecule has 0 saturated heterocycles. The summed E-state index contributed by atoms with van der Waals surface area (Å²) in [5.41, 5.74) is 0.926. The summed E-state index contributed by atoms with van der Waals surface area (Å²) in [6.45, 7) is 2.73. The fraction of sp³-hybridized carbons (Fsp3) is 0.364. The summed E-state index contributed by atoms with van der Waals surface area (Å²) in [7, 11) is 1.99. The van der Waals surface area contributed by atoms with Gasteiger partial charge in [-0.2, -0.15) is 5.10 Å². The molecule has 5 nitrogen and oxygen atoms in total. The summed E-state index contributed by atoms with van der Waals surface area (Å²) in [6, 6.07) is 3.87. The molecular formula is C11H15N5. The molecule has 5 heteroatoms. The highest BCUT2D eigenvalue weighted by molar-refractivity contribution is 5.32. The molecule has 2 aromatic rings. The Labute approximate surface area is 94.5 Å². The molecule has 2 rings (SSSR count). The minimum atomic E-state index is 0.805. The van der Waals surface area contributed by atoms with Crippen LogP contribution < -0.4 is 5.32 Å². The topological polar surface area (TPSA) is 55.6 Å². The van der Waals surface area contributed by atoms with Crippen molar-refractivity contribution >= 4 is 5.82 Å². The molecule has 0 aliphatic carbocycles. The van der Waals surface area contributed by atoms with Crippen molar-refractivity contribution in [2.45, 2.75) is 13.3 Å². The van der Waals surface area contributed by atoms with Gasteiger partial charge in [-0.25, -0.2) is 4.98 Å². The lowest BCUT2D eigenvalue weighted by Crippen LogP contribution is -2.09. The summed E-state index contributed by atoms with van der Waals surface area (Å²) in [5, 5.41) is 11.2. The normalized spacial score (nSPS) is 10.4. The van der Waals surface area contributed by atoms with Gasteiger partial charge < -0.3 is 9.88 Å². The molecule has 1 N–H and O–H groups in total. The fourth-order valence-electron chi connectivity index (χ4n) is 1.43. The van der Waals surface area contributed by atoms with E-state index in [1.165, 1.54) is 0 Å². The molecule has 0 saturated carbocycles. The van der Waals surface area contributed by atoms with Crippen molar-refractivity contribution in [3.05, 3.63) is 36.0 Å². The largest absolute Gasteiger partial charge is 0.368 e. The molecule has 0 bridgehead atoms. The summed E-state index contributed by atoms with van der Waals surface area (Å²) in [6.07, 6.45) is 4.63. The molecule has 0 radical (unpaired) electrons. The molecule has 84 valence electrons. The Morgan fingerprint density at radius 3 is 2.81 bits per heavy atom. The first kappa shape index (κ1) is 10.6. The number of rotatable bonds is 4. The fourth-order valence-corrected chi connectivity index (χ4v) is 1.43. The Morgan fingerprint density at radius 2 is 2.19 bits per heavy atom. The highest BCUT2D eigenvalue weighted by atomic mass is 15.2. The van der Waals surface area contributed by atoms with Crippen molar-refractivity contribution in [1.29, 1.82) is 0 Å². The zero-order valence-corrected chi connectivity index (χ0v) is 9.51. The van der Waals surface area contributed by atoms with Crippen LogP contribution in [0.4, 0.5) is 5.82 Å². The second-order valence-corrected chi connectivity index (χ2v) is 3.69. The predicted molar refractivity (Wildman–Crippen MR) is 62.2 cm³/mol. The van der Waals surface area contributed by atoms with Gasteiger partial charge in [0.25, 0.3) is 0 Å². The van der Waals surface area contributed by atoms with Gasteiger partial charge in [0.05, 0.1) is 5.69 Å². The van der Waals surface area contributed by atoms with Crippen LogP contribution in [0.25, 0.3) is 0 Å². The minimum absolute atomic E-state index is 0.805. The number of nitrogens with one attached hydrogen (secondary N) is 1. The van der Waals surface area contributed by atoms with Crippen LogP contribution in [0.1, 0.15) is 11.5 Å². The lowest BCUT2D eigenvalue weighted by atomic mass is 10.4. The van der Waals surface area contributed by atoms with Gasteiger partial charge in [0.1, 0.15) is 11.6 Å². The van der Waals surface area contributed by atoms with E-state index in [1.54, 1.807) is 6.20 Å². The number of imidazole rings is 1. The summed E-state index contributed by atoms with van der Waals surface area (Å²) < 4.78 is 2.02. The van der Waals surface area contributed by atoms with E-state index in [4.69, 9.17) is 0 Å². The number of nitrogens with zero attached hydrogens (tertiary/aromatic N) is 4. The molecule has 0 fully saturated rings. The zero-order valence-electron chi connectivity index (χ0n) is 9.51. The second-order valence-electron chi connectivity index (χ2n) is 3.69. The molecule has 0 aromatic carbocycles. The maximum atomic E-state index is 4.25. The second kappa shape index (κ2) is 4.74. The lowest BCUT2D eigenvalue weighted by Gasteiger charge is -2.04. The first-order chi connectivity index (χ1) is 7.75. The van der Waals surface area contributed by atoms with Gasteiger partial charge in [-0.15, -0.1) is 5.10 Å². The van der Waals surface area contributed by atoms with E-state index >= 15 is 0 Å². The molecule has 0 spiro atoms. The zero-order chi connectivity index (χ0) is 11.4. The molecule has 2 heterocycles. The number of aromatic nitrogens is 4. The van der Waals surface area contributed by atoms with Crippen LogP contribution in [0, 0.1) is 6.92 Å². The first-order valence-electron chi connectivity index (χ1n) is 5.26. The van der Waals surface area contributed by atoms with Crippen LogP contribution in [0.2, 0.25) is 0 Å². The van der Waals surface area contributed by atoms with Crippen LogP contribution in [0.15, 0.2) is 24.5 Å². The Morgan fingerprint density at radius 1 is 1.31 bits per heavy atom. The average molecular weight is 217 g/mol. The third-order valence-corrected chi connectivity index (χ3v) is 2.37. The minimum Gasteiger partial charge on any atom is -0.368 e. The quantitative estimate of drug-likeness (QED) is 0.835. The van der Waals surface area contributed by atoms with Gasteiger partial charge in [-0.05, 0) is 19.1 Å². The first-order valence-corrected chi connectivity index (χ1v) is 5.26. The molecule has 2 aromatic heterocycles. The van der Waals surface area contributed by atoms with Crippen LogP contribution in [-0.4, -0.2) is 26.3 Å². The molecular weight excluding hydrogens is 202 g/mol. The van der Waals surface area contributed by atoms with Gasteiger partial charge in [0.2, 0.25) is 0 Å². The van der Waals surface area contributed by atoms with Gasteiger partial charge in [-0.1, -0.05) is 0 Å². The van der Waals surface area contributed by atoms with Crippen LogP contribution in [0.5, 0.6) is 0 Å². The Hall–Kier alpha value is -1.91. The molecule has 0 aliphatic heterocycles. The Bertz CT molecular complexity index is 446. The van der Waals surface area contributed by atoms with E-state index in [0.29, 0.717) is 0 Å². The average Bonchev–Trinajstić information content (AvgIpc) is 2.68. The summed E-state index contributed by atoms with van der Waals surface area (Å²) >= 11 is 0. The third kappa shape index (κ3) is 2.56. The standard InChI is InChI=1S/C11H15N5/c1-9-3-4-10(15-14-9)12-6-5-11-13-7-8-16(11)2/h3-4,7-8H,5-6H2,1-2H3,(H,12,15). The maximum absolute atomic E-state index is 4.25. The Balaban J connectivity index is 1.84. The number of aryl methyl sites for hydroxylation is 2. The van der Waals surface area contributed by atoms with E-state index in [0.717, 1.165) is 30.3 Å². The molecule has 0 aliphatic rings. The number of anilines is 1. The van der Waals surface area contributed by atoms with Crippen molar-refractivity contribution in [2.24, 2.45) is 7.05 Å². The lowest BCUT2D eigenvalue weighted by molar-refractivity contribution is 0.787. The highest BCUT2D eigenvalue weighted by Gasteiger charge is 1.99. The van der Waals surface area contributed by atoms with Crippen molar-refractivity contribution < 1.29 is 0 Å². The monoisotopic (exact) mass is 217 g/mol. The molecule has 0 atom stereocenters. The Kier molecular flexibility index (Phi) is 3.14. The van der Waals surface area contributed by atoms with E-state index in [1.807, 2.05) is 36.9 Å². The van der Waals surface area contributed by atoms with Crippen molar-refractivity contribution in [3.63, 3.8) is 0 Å². The van der Waals surface area contributed by atoms with E-state index in [9.17, 15) is 0 Å². The van der Waals surface area contributed by atoms with Gasteiger partial charge in [0.15, 0.2) is 0 Å². The number of hydrogen-bond donors (Lipinski definition) is 1. The molecule has 0 amide bonds. The van der Waals surface area contributed by atoms with Crippen molar-refractivity contribution in [3.8, 4) is 0 Å². The van der Waals surface area contributed by atoms with Crippen LogP contribution >= 0.6 is 0 Å². The van der Waals surface area contributed by atoms with Crippen LogP contribution in [-0.2, 0) is 13.5 Å². The van der Waals surface area contributed by atoms with Gasteiger partial charge >= 0.3 is 0 Å². The van der Waals surface area contributed by atoms with Gasteiger partial charge in [0, 0.05) is 32.4 Å². The molecule has 0 unspecified atom stereocenters. The molecule has 16 heavy (non-hydrogen) atoms. The summed E-state index contributed by atoms with van der Waals surface area (Å²) in [5.74, 6) is 1.87. The van der Waals surface area contributed by atoms with Gasteiger partial charge in [-0.3, -0.25) is 0 Å². The number of hydrogen-bond acceptors (Lipinski definition) is 4.